The molecule has 0 fully saturated rings. The molecule has 1 atom stereocenters. The Morgan fingerprint density at radius 1 is 1.54 bits per heavy atom. The molecule has 1 rings (SSSR count). The van der Waals surface area contributed by atoms with Gasteiger partial charge in [0.15, 0.2) is 0 Å². The molecule has 5 heteroatoms. The molecular formula is C8H15N3OS. The fourth-order valence-electron chi connectivity index (χ4n) is 0.759. The molecule has 0 aromatic carbocycles. The second-order valence-electron chi connectivity index (χ2n) is 3.33. The summed E-state index contributed by atoms with van der Waals surface area (Å²) >= 11 is 1.49. The minimum Gasteiger partial charge on any atom is -0.388 e. The van der Waals surface area contributed by atoms with Crippen molar-refractivity contribution in [3.8, 4) is 0 Å². The predicted molar refractivity (Wildman–Crippen MR) is 54.1 cm³/mol. The molecule has 1 aromatic rings. The quantitative estimate of drug-likeness (QED) is 0.773. The lowest BCUT2D eigenvalue weighted by Gasteiger charge is -2.20. The summed E-state index contributed by atoms with van der Waals surface area (Å²) in [5.74, 6) is 0. The van der Waals surface area contributed by atoms with E-state index in [1.165, 1.54) is 11.3 Å². The summed E-state index contributed by atoms with van der Waals surface area (Å²) in [6.07, 6.45) is 0.720. The Balaban J connectivity index is 2.43. The standard InChI is InChI=1S/C8H15N3OS/c1-4-8(3,12)5-9-7-11-10-6(2)13-7/h12H,4-5H2,1-3H3,(H,9,11). The summed E-state index contributed by atoms with van der Waals surface area (Å²) in [7, 11) is 0. The molecule has 13 heavy (non-hydrogen) atoms. The maximum atomic E-state index is 9.69. The van der Waals surface area contributed by atoms with Crippen molar-refractivity contribution in [1.82, 2.24) is 10.2 Å². The Labute approximate surface area is 82.0 Å². The second kappa shape index (κ2) is 4.02. The molecule has 0 spiro atoms. The van der Waals surface area contributed by atoms with E-state index in [2.05, 4.69) is 15.5 Å². The Morgan fingerprint density at radius 2 is 2.23 bits per heavy atom. The fourth-order valence-corrected chi connectivity index (χ4v) is 1.35. The lowest BCUT2D eigenvalue weighted by Crippen LogP contribution is -2.32. The van der Waals surface area contributed by atoms with E-state index in [1.807, 2.05) is 13.8 Å². The molecule has 0 saturated heterocycles. The van der Waals surface area contributed by atoms with Crippen LogP contribution in [0.2, 0.25) is 0 Å². The average Bonchev–Trinajstić information content (AvgIpc) is 2.48. The molecule has 0 amide bonds. The molecule has 2 N–H and O–H groups in total. The van der Waals surface area contributed by atoms with Crippen LogP contribution in [-0.4, -0.2) is 27.4 Å². The summed E-state index contributed by atoms with van der Waals surface area (Å²) in [6.45, 7) is 6.17. The first kappa shape index (κ1) is 10.4. The van der Waals surface area contributed by atoms with E-state index < -0.39 is 5.60 Å². The van der Waals surface area contributed by atoms with Gasteiger partial charge in [0.1, 0.15) is 5.01 Å². The Morgan fingerprint density at radius 3 is 2.69 bits per heavy atom. The van der Waals surface area contributed by atoms with Crippen molar-refractivity contribution in [1.29, 1.82) is 0 Å². The molecule has 0 aliphatic rings. The van der Waals surface area contributed by atoms with Gasteiger partial charge in [0.2, 0.25) is 5.13 Å². The maximum absolute atomic E-state index is 9.69. The molecule has 0 bridgehead atoms. The molecular weight excluding hydrogens is 186 g/mol. The van der Waals surface area contributed by atoms with E-state index in [1.54, 1.807) is 6.92 Å². The van der Waals surface area contributed by atoms with E-state index >= 15 is 0 Å². The van der Waals surface area contributed by atoms with E-state index in [-0.39, 0.29) is 0 Å². The molecule has 1 aromatic heterocycles. The van der Waals surface area contributed by atoms with E-state index in [0.717, 1.165) is 16.6 Å². The minimum atomic E-state index is -0.667. The molecule has 0 aliphatic heterocycles. The Kier molecular flexibility index (Phi) is 3.22. The zero-order valence-corrected chi connectivity index (χ0v) is 8.98. The summed E-state index contributed by atoms with van der Waals surface area (Å²) in [5.41, 5.74) is -0.667. The third-order valence-corrected chi connectivity index (χ3v) is 2.70. The molecule has 0 saturated carbocycles. The van der Waals surface area contributed by atoms with Crippen molar-refractivity contribution in [2.24, 2.45) is 0 Å². The monoisotopic (exact) mass is 201 g/mol. The number of hydrogen-bond acceptors (Lipinski definition) is 5. The van der Waals surface area contributed by atoms with Gasteiger partial charge in [-0.3, -0.25) is 0 Å². The number of rotatable bonds is 4. The second-order valence-corrected chi connectivity index (χ2v) is 4.51. The fraction of sp³-hybridized carbons (Fsp3) is 0.750. The topological polar surface area (TPSA) is 58.0 Å². The van der Waals surface area contributed by atoms with Gasteiger partial charge in [-0.2, -0.15) is 0 Å². The third-order valence-electron chi connectivity index (χ3n) is 1.91. The molecule has 74 valence electrons. The number of nitrogens with zero attached hydrogens (tertiary/aromatic N) is 2. The highest BCUT2D eigenvalue weighted by atomic mass is 32.1. The average molecular weight is 201 g/mol. The molecule has 4 nitrogen and oxygen atoms in total. The van der Waals surface area contributed by atoms with Crippen molar-refractivity contribution in [2.75, 3.05) is 11.9 Å². The van der Waals surface area contributed by atoms with Crippen LogP contribution in [0.25, 0.3) is 0 Å². The summed E-state index contributed by atoms with van der Waals surface area (Å²) in [6, 6.07) is 0. The largest absolute Gasteiger partial charge is 0.388 e. The highest BCUT2D eigenvalue weighted by molar-refractivity contribution is 7.15. The highest BCUT2D eigenvalue weighted by Gasteiger charge is 2.17. The van der Waals surface area contributed by atoms with Crippen molar-refractivity contribution in [3.05, 3.63) is 5.01 Å². The van der Waals surface area contributed by atoms with Gasteiger partial charge in [-0.15, -0.1) is 10.2 Å². The zero-order chi connectivity index (χ0) is 9.90. The first-order chi connectivity index (χ1) is 6.03. The van der Waals surface area contributed by atoms with E-state index in [0.29, 0.717) is 6.54 Å². The van der Waals surface area contributed by atoms with Crippen LogP contribution in [-0.2, 0) is 0 Å². The van der Waals surface area contributed by atoms with Crippen molar-refractivity contribution < 1.29 is 5.11 Å². The molecule has 0 aliphatic carbocycles. The number of aryl methyl sites for hydroxylation is 1. The highest BCUT2D eigenvalue weighted by Crippen LogP contribution is 2.16. The van der Waals surface area contributed by atoms with Crippen molar-refractivity contribution in [3.63, 3.8) is 0 Å². The van der Waals surface area contributed by atoms with E-state index in [9.17, 15) is 5.11 Å². The van der Waals surface area contributed by atoms with Crippen LogP contribution < -0.4 is 5.32 Å². The van der Waals surface area contributed by atoms with E-state index in [4.69, 9.17) is 0 Å². The minimum absolute atomic E-state index is 0.512. The molecule has 1 heterocycles. The normalized spacial score (nSPS) is 15.4. The van der Waals surface area contributed by atoms with Gasteiger partial charge in [0.05, 0.1) is 5.60 Å². The number of anilines is 1. The lowest BCUT2D eigenvalue weighted by molar-refractivity contribution is 0.0697. The first-order valence-electron chi connectivity index (χ1n) is 4.30. The van der Waals surface area contributed by atoms with Gasteiger partial charge in [-0.1, -0.05) is 18.3 Å². The SMILES string of the molecule is CCC(C)(O)CNc1nnc(C)s1. The zero-order valence-electron chi connectivity index (χ0n) is 8.16. The summed E-state index contributed by atoms with van der Waals surface area (Å²) < 4.78 is 0. The van der Waals surface area contributed by atoms with Crippen LogP contribution in [0.3, 0.4) is 0 Å². The Hall–Kier alpha value is -0.680. The molecule has 1 unspecified atom stereocenters. The summed E-state index contributed by atoms with van der Waals surface area (Å²) in [4.78, 5) is 0. The summed E-state index contributed by atoms with van der Waals surface area (Å²) in [5, 5.41) is 22.2. The van der Waals surface area contributed by atoms with Crippen LogP contribution in [0.15, 0.2) is 0 Å². The van der Waals surface area contributed by atoms with Crippen LogP contribution >= 0.6 is 11.3 Å². The van der Waals surface area contributed by atoms with Crippen LogP contribution in [0.4, 0.5) is 5.13 Å². The van der Waals surface area contributed by atoms with Crippen LogP contribution in [0, 0.1) is 6.92 Å². The third kappa shape index (κ3) is 3.28. The number of nitrogens with one attached hydrogen (secondary N) is 1. The van der Waals surface area contributed by atoms with Gasteiger partial charge in [-0.25, -0.2) is 0 Å². The molecule has 0 radical (unpaired) electrons. The lowest BCUT2D eigenvalue weighted by atomic mass is 10.0. The van der Waals surface area contributed by atoms with Gasteiger partial charge in [0.25, 0.3) is 0 Å². The Bertz CT molecular complexity index is 272. The number of aromatic nitrogens is 2. The predicted octanol–water partition coefficient (Wildman–Crippen LogP) is 1.42. The smallest absolute Gasteiger partial charge is 0.205 e. The first-order valence-corrected chi connectivity index (χ1v) is 5.11. The van der Waals surface area contributed by atoms with Gasteiger partial charge >= 0.3 is 0 Å². The van der Waals surface area contributed by atoms with Crippen LogP contribution in [0.1, 0.15) is 25.3 Å². The number of aliphatic hydroxyl groups is 1. The van der Waals surface area contributed by atoms with Gasteiger partial charge < -0.3 is 10.4 Å². The number of hydrogen-bond donors (Lipinski definition) is 2. The maximum Gasteiger partial charge on any atom is 0.205 e. The van der Waals surface area contributed by atoms with Crippen molar-refractivity contribution >= 4 is 16.5 Å². The van der Waals surface area contributed by atoms with Gasteiger partial charge in [-0.05, 0) is 20.3 Å². The van der Waals surface area contributed by atoms with Crippen molar-refractivity contribution in [2.45, 2.75) is 32.8 Å². The van der Waals surface area contributed by atoms with Crippen LogP contribution in [0.5, 0.6) is 0 Å². The van der Waals surface area contributed by atoms with Gasteiger partial charge in [0, 0.05) is 6.54 Å².